The number of hydrogen-bond acceptors (Lipinski definition) is 4. The van der Waals surface area contributed by atoms with Gasteiger partial charge in [0.2, 0.25) is 5.75 Å². The van der Waals surface area contributed by atoms with Crippen LogP contribution in [0.3, 0.4) is 0 Å². The first-order chi connectivity index (χ1) is 13.7. The summed E-state index contributed by atoms with van der Waals surface area (Å²) in [5.74, 6) is 1.83. The smallest absolute Gasteiger partial charge is 0.203 e. The number of aromatic nitrogens is 1. The second-order valence-electron chi connectivity index (χ2n) is 6.35. The topological polar surface area (TPSA) is 40.6 Å². The van der Waals surface area contributed by atoms with Gasteiger partial charge in [0.25, 0.3) is 0 Å². The van der Waals surface area contributed by atoms with Crippen molar-refractivity contribution >= 4 is 10.9 Å². The summed E-state index contributed by atoms with van der Waals surface area (Å²) < 4.78 is 16.6. The first kappa shape index (κ1) is 17.9. The summed E-state index contributed by atoms with van der Waals surface area (Å²) in [4.78, 5) is 4.86. The van der Waals surface area contributed by atoms with Crippen molar-refractivity contribution in [3.63, 3.8) is 0 Å². The van der Waals surface area contributed by atoms with Gasteiger partial charge in [-0.3, -0.25) is 0 Å². The minimum atomic E-state index is 0.579. The Labute approximate surface area is 164 Å². The minimum Gasteiger partial charge on any atom is -0.493 e. The summed E-state index contributed by atoms with van der Waals surface area (Å²) >= 11 is 0. The Bertz CT molecular complexity index is 1100. The highest BCUT2D eigenvalue weighted by Gasteiger charge is 2.16. The molecular weight excluding hydrogens is 350 g/mol. The molecule has 0 N–H and O–H groups in total. The Kier molecular flexibility index (Phi) is 4.85. The number of methoxy groups -OCH3 is 3. The molecule has 1 aromatic heterocycles. The molecule has 0 fully saturated rings. The molecule has 140 valence electrons. The van der Waals surface area contributed by atoms with Crippen LogP contribution in [0.4, 0.5) is 0 Å². The lowest BCUT2D eigenvalue weighted by atomic mass is 9.97. The van der Waals surface area contributed by atoms with Gasteiger partial charge in [-0.25, -0.2) is 4.98 Å². The van der Waals surface area contributed by atoms with Crippen LogP contribution in [0.25, 0.3) is 33.3 Å². The molecule has 0 radical (unpaired) electrons. The molecule has 0 saturated carbocycles. The first-order valence-electron chi connectivity index (χ1n) is 9.00. The number of nitrogens with zero attached hydrogens (tertiary/aromatic N) is 1. The molecule has 0 bridgehead atoms. The van der Waals surface area contributed by atoms with E-state index in [9.17, 15) is 0 Å². The average Bonchev–Trinajstić information content (AvgIpc) is 2.77. The Morgan fingerprint density at radius 3 is 1.93 bits per heavy atom. The molecule has 4 heteroatoms. The quantitative estimate of drug-likeness (QED) is 0.458. The van der Waals surface area contributed by atoms with E-state index in [0.717, 1.165) is 33.3 Å². The van der Waals surface area contributed by atoms with Crippen LogP contribution in [0.1, 0.15) is 0 Å². The molecule has 0 aliphatic heterocycles. The SMILES string of the molecule is COc1cc(-c2cc(-c3ccccc3)nc3ccccc23)cc(OC)c1OC. The van der Waals surface area contributed by atoms with Gasteiger partial charge >= 0.3 is 0 Å². The molecular formula is C24H21NO3. The van der Waals surface area contributed by atoms with E-state index in [0.29, 0.717) is 17.2 Å². The van der Waals surface area contributed by atoms with Gasteiger partial charge in [-0.05, 0) is 35.4 Å². The lowest BCUT2D eigenvalue weighted by molar-refractivity contribution is 0.324. The Morgan fingerprint density at radius 1 is 0.643 bits per heavy atom. The summed E-state index contributed by atoms with van der Waals surface area (Å²) in [6, 6.07) is 24.4. The van der Waals surface area contributed by atoms with Crippen molar-refractivity contribution in [1.29, 1.82) is 0 Å². The maximum atomic E-state index is 5.55. The summed E-state index contributed by atoms with van der Waals surface area (Å²) in [6.45, 7) is 0. The van der Waals surface area contributed by atoms with Crippen LogP contribution in [0, 0.1) is 0 Å². The molecule has 1 heterocycles. The Morgan fingerprint density at radius 2 is 1.29 bits per heavy atom. The van der Waals surface area contributed by atoms with Crippen molar-refractivity contribution in [1.82, 2.24) is 4.98 Å². The molecule has 4 rings (SSSR count). The number of benzene rings is 3. The molecule has 0 amide bonds. The Balaban J connectivity index is 2.01. The van der Waals surface area contributed by atoms with Gasteiger partial charge in [0.1, 0.15) is 0 Å². The summed E-state index contributed by atoms with van der Waals surface area (Å²) in [6.07, 6.45) is 0. The van der Waals surface area contributed by atoms with Gasteiger partial charge in [0.15, 0.2) is 11.5 Å². The van der Waals surface area contributed by atoms with Crippen molar-refractivity contribution in [2.24, 2.45) is 0 Å². The van der Waals surface area contributed by atoms with E-state index in [1.165, 1.54) is 0 Å². The van der Waals surface area contributed by atoms with Gasteiger partial charge in [0.05, 0.1) is 32.5 Å². The molecule has 0 aliphatic rings. The van der Waals surface area contributed by atoms with Crippen molar-refractivity contribution < 1.29 is 14.2 Å². The number of hydrogen-bond donors (Lipinski definition) is 0. The molecule has 4 nitrogen and oxygen atoms in total. The zero-order valence-electron chi connectivity index (χ0n) is 16.1. The zero-order valence-corrected chi connectivity index (χ0v) is 16.1. The fourth-order valence-corrected chi connectivity index (χ4v) is 3.41. The van der Waals surface area contributed by atoms with Crippen molar-refractivity contribution in [3.05, 3.63) is 72.8 Å². The van der Waals surface area contributed by atoms with E-state index in [4.69, 9.17) is 19.2 Å². The normalized spacial score (nSPS) is 10.7. The molecule has 0 aliphatic carbocycles. The number of fused-ring (bicyclic) bond motifs is 1. The monoisotopic (exact) mass is 371 g/mol. The van der Waals surface area contributed by atoms with E-state index in [2.05, 4.69) is 24.3 Å². The fourth-order valence-electron chi connectivity index (χ4n) is 3.41. The molecule has 0 atom stereocenters. The zero-order chi connectivity index (χ0) is 19.5. The van der Waals surface area contributed by atoms with E-state index >= 15 is 0 Å². The molecule has 4 aromatic rings. The number of ether oxygens (including phenoxy) is 3. The van der Waals surface area contributed by atoms with Crippen LogP contribution in [-0.4, -0.2) is 26.3 Å². The second kappa shape index (κ2) is 7.61. The van der Waals surface area contributed by atoms with Gasteiger partial charge in [-0.15, -0.1) is 0 Å². The van der Waals surface area contributed by atoms with Crippen molar-refractivity contribution in [2.75, 3.05) is 21.3 Å². The highest BCUT2D eigenvalue weighted by Crippen LogP contribution is 2.43. The molecule has 3 aromatic carbocycles. The molecule has 0 unspecified atom stereocenters. The lowest BCUT2D eigenvalue weighted by Crippen LogP contribution is -1.96. The van der Waals surface area contributed by atoms with Crippen LogP contribution in [0.15, 0.2) is 72.8 Å². The van der Waals surface area contributed by atoms with Crippen molar-refractivity contribution in [3.8, 4) is 39.6 Å². The summed E-state index contributed by atoms with van der Waals surface area (Å²) in [5, 5.41) is 1.07. The highest BCUT2D eigenvalue weighted by molar-refractivity contribution is 5.97. The van der Waals surface area contributed by atoms with Crippen LogP contribution in [0.5, 0.6) is 17.2 Å². The van der Waals surface area contributed by atoms with Crippen LogP contribution in [0.2, 0.25) is 0 Å². The van der Waals surface area contributed by atoms with Crippen LogP contribution < -0.4 is 14.2 Å². The minimum absolute atomic E-state index is 0.579. The molecule has 0 spiro atoms. The standard InChI is InChI=1S/C24H21NO3/c1-26-22-13-17(14-23(27-2)24(22)28-3)19-15-21(16-9-5-4-6-10-16)25-20-12-8-7-11-18(19)20/h4-15H,1-3H3. The third-order valence-corrected chi connectivity index (χ3v) is 4.76. The van der Waals surface area contributed by atoms with Gasteiger partial charge in [0, 0.05) is 10.9 Å². The third kappa shape index (κ3) is 3.14. The maximum Gasteiger partial charge on any atom is 0.203 e. The number of rotatable bonds is 5. The molecule has 0 saturated heterocycles. The summed E-state index contributed by atoms with van der Waals surface area (Å²) in [7, 11) is 4.86. The van der Waals surface area contributed by atoms with E-state index in [-0.39, 0.29) is 0 Å². The fraction of sp³-hybridized carbons (Fsp3) is 0.125. The maximum absolute atomic E-state index is 5.55. The summed E-state index contributed by atoms with van der Waals surface area (Å²) in [5.41, 5.74) is 4.96. The number of para-hydroxylation sites is 1. The number of pyridine rings is 1. The van der Waals surface area contributed by atoms with Gasteiger partial charge in [-0.2, -0.15) is 0 Å². The largest absolute Gasteiger partial charge is 0.493 e. The average molecular weight is 371 g/mol. The van der Waals surface area contributed by atoms with E-state index in [1.54, 1.807) is 21.3 Å². The van der Waals surface area contributed by atoms with Gasteiger partial charge in [-0.1, -0.05) is 48.5 Å². The highest BCUT2D eigenvalue weighted by atomic mass is 16.5. The second-order valence-corrected chi connectivity index (χ2v) is 6.35. The first-order valence-corrected chi connectivity index (χ1v) is 9.00. The predicted octanol–water partition coefficient (Wildman–Crippen LogP) is 5.59. The predicted molar refractivity (Wildman–Crippen MR) is 112 cm³/mol. The Hall–Kier alpha value is -3.53. The molecule has 28 heavy (non-hydrogen) atoms. The van der Waals surface area contributed by atoms with Crippen LogP contribution in [-0.2, 0) is 0 Å². The van der Waals surface area contributed by atoms with Crippen molar-refractivity contribution in [2.45, 2.75) is 0 Å². The third-order valence-electron chi connectivity index (χ3n) is 4.76. The van der Waals surface area contributed by atoms with Crippen LogP contribution >= 0.6 is 0 Å². The lowest BCUT2D eigenvalue weighted by Gasteiger charge is -2.16. The van der Waals surface area contributed by atoms with E-state index < -0.39 is 0 Å². The van der Waals surface area contributed by atoms with E-state index in [1.807, 2.05) is 48.5 Å². The van der Waals surface area contributed by atoms with Gasteiger partial charge < -0.3 is 14.2 Å².